The van der Waals surface area contributed by atoms with Gasteiger partial charge < -0.3 is 21.4 Å². The normalized spacial score (nSPS) is 11.2. The zero-order valence-corrected chi connectivity index (χ0v) is 13.3. The minimum absolute atomic E-state index is 0.0369. The maximum Gasteiger partial charge on any atom is 0.416 e. The molecule has 26 heavy (non-hydrogen) atoms. The number of aromatic nitrogens is 2. The van der Waals surface area contributed by atoms with Crippen LogP contribution in [-0.4, -0.2) is 16.0 Å². The smallest absolute Gasteiger partial charge is 0.369 e. The van der Waals surface area contributed by atoms with E-state index < -0.39 is 17.8 Å². The largest absolute Gasteiger partial charge is 0.416 e. The highest BCUT2D eigenvalue weighted by Crippen LogP contribution is 2.30. The third kappa shape index (κ3) is 4.12. The van der Waals surface area contributed by atoms with E-state index in [-0.39, 0.29) is 11.6 Å². The van der Waals surface area contributed by atoms with Crippen LogP contribution in [0.15, 0.2) is 54.7 Å². The van der Waals surface area contributed by atoms with Crippen molar-refractivity contribution < 1.29 is 18.0 Å². The average molecular weight is 361 g/mol. The number of amides is 2. The molecule has 1 heterocycles. The third-order valence-electron chi connectivity index (χ3n) is 3.47. The predicted octanol–water partition coefficient (Wildman–Crippen LogP) is 4.32. The molecule has 5 N–H and O–H groups in total. The number of alkyl halides is 3. The third-order valence-corrected chi connectivity index (χ3v) is 3.47. The number of nitrogens with two attached hydrogens (primary N) is 1. The summed E-state index contributed by atoms with van der Waals surface area (Å²) in [6.07, 6.45) is -2.93. The summed E-state index contributed by atoms with van der Waals surface area (Å²) < 4.78 is 38.1. The molecule has 0 saturated heterocycles. The van der Waals surface area contributed by atoms with E-state index in [9.17, 15) is 18.0 Å². The lowest BCUT2D eigenvalue weighted by Crippen LogP contribution is -2.19. The first-order valence-electron chi connectivity index (χ1n) is 7.47. The molecule has 2 amide bonds. The topological polar surface area (TPSA) is 95.8 Å². The number of carbonyl (C=O) groups is 1. The Morgan fingerprint density at radius 3 is 2.31 bits per heavy atom. The highest BCUT2D eigenvalue weighted by Gasteiger charge is 2.30. The molecule has 2 aromatic carbocycles. The molecule has 9 heteroatoms. The van der Waals surface area contributed by atoms with Gasteiger partial charge in [-0.3, -0.25) is 0 Å². The van der Waals surface area contributed by atoms with Crippen LogP contribution in [0.5, 0.6) is 0 Å². The Morgan fingerprint density at radius 1 is 1.04 bits per heavy atom. The number of hydrogen-bond donors (Lipinski definition) is 4. The SMILES string of the molecule is Nc1ncc(-c2cccc(NC(=O)Nc3cccc(C(F)(F)F)c3)c2)[nH]1. The van der Waals surface area contributed by atoms with Gasteiger partial charge in [0, 0.05) is 16.9 Å². The number of nitrogens with one attached hydrogen (secondary N) is 3. The first-order valence-corrected chi connectivity index (χ1v) is 7.47. The molecule has 3 rings (SSSR count). The summed E-state index contributed by atoms with van der Waals surface area (Å²) in [6.45, 7) is 0. The molecule has 1 aromatic heterocycles. The molecule has 134 valence electrons. The van der Waals surface area contributed by atoms with Gasteiger partial charge in [0.1, 0.15) is 0 Å². The maximum atomic E-state index is 12.7. The van der Waals surface area contributed by atoms with E-state index in [1.807, 2.05) is 0 Å². The lowest BCUT2D eigenvalue weighted by atomic mass is 10.1. The minimum Gasteiger partial charge on any atom is -0.369 e. The van der Waals surface area contributed by atoms with Crippen LogP contribution < -0.4 is 16.4 Å². The number of aromatic amines is 1. The highest BCUT2D eigenvalue weighted by molar-refractivity contribution is 6.00. The van der Waals surface area contributed by atoms with Gasteiger partial charge in [0.05, 0.1) is 17.5 Å². The molecule has 0 aliphatic rings. The Kier molecular flexibility index (Phi) is 4.53. The molecule has 0 aliphatic heterocycles. The second-order valence-electron chi connectivity index (χ2n) is 5.42. The van der Waals surface area contributed by atoms with Gasteiger partial charge in [-0.2, -0.15) is 13.2 Å². The van der Waals surface area contributed by atoms with Gasteiger partial charge in [0.25, 0.3) is 0 Å². The molecule has 0 unspecified atom stereocenters. The minimum atomic E-state index is -4.48. The Labute approximate surface area is 146 Å². The maximum absolute atomic E-state index is 12.7. The first-order chi connectivity index (χ1) is 12.3. The van der Waals surface area contributed by atoms with Crippen molar-refractivity contribution in [1.29, 1.82) is 0 Å². The van der Waals surface area contributed by atoms with E-state index in [1.165, 1.54) is 12.1 Å². The van der Waals surface area contributed by atoms with Crippen molar-refractivity contribution in [3.63, 3.8) is 0 Å². The predicted molar refractivity (Wildman–Crippen MR) is 92.5 cm³/mol. The van der Waals surface area contributed by atoms with Crippen molar-refractivity contribution in [3.8, 4) is 11.3 Å². The quantitative estimate of drug-likeness (QED) is 0.559. The van der Waals surface area contributed by atoms with Gasteiger partial charge in [0.2, 0.25) is 0 Å². The summed E-state index contributed by atoms with van der Waals surface area (Å²) in [4.78, 5) is 18.8. The van der Waals surface area contributed by atoms with Crippen molar-refractivity contribution in [2.75, 3.05) is 16.4 Å². The molecule has 0 aliphatic carbocycles. The van der Waals surface area contributed by atoms with Gasteiger partial charge in [-0.05, 0) is 30.3 Å². The standard InChI is InChI=1S/C17H14F3N5O/c18-17(19,20)11-4-2-6-13(8-11)24-16(26)23-12-5-1-3-10(7-12)14-9-22-15(21)25-14/h1-9H,(H3,21,22,25)(H2,23,24,26). The number of halogens is 3. The van der Waals surface area contributed by atoms with Crippen molar-refractivity contribution in [2.24, 2.45) is 0 Å². The fourth-order valence-electron chi connectivity index (χ4n) is 2.31. The molecule has 0 radical (unpaired) electrons. The van der Waals surface area contributed by atoms with Crippen LogP contribution in [0.2, 0.25) is 0 Å². The summed E-state index contributed by atoms with van der Waals surface area (Å²) in [5.74, 6) is 0.264. The van der Waals surface area contributed by atoms with E-state index in [4.69, 9.17) is 5.73 Å². The van der Waals surface area contributed by atoms with Gasteiger partial charge in [-0.25, -0.2) is 9.78 Å². The van der Waals surface area contributed by atoms with Crippen molar-refractivity contribution in [3.05, 3.63) is 60.3 Å². The van der Waals surface area contributed by atoms with Crippen LogP contribution in [0.3, 0.4) is 0 Å². The van der Waals surface area contributed by atoms with Crippen LogP contribution in [0, 0.1) is 0 Å². The Bertz CT molecular complexity index is 936. The molecule has 3 aromatic rings. The second kappa shape index (κ2) is 6.79. The fourth-order valence-corrected chi connectivity index (χ4v) is 2.31. The number of carbonyl (C=O) groups excluding carboxylic acids is 1. The van der Waals surface area contributed by atoms with E-state index in [0.29, 0.717) is 11.4 Å². The number of H-pyrrole nitrogens is 1. The number of rotatable bonds is 3. The van der Waals surface area contributed by atoms with Gasteiger partial charge in [-0.15, -0.1) is 0 Å². The zero-order chi connectivity index (χ0) is 18.7. The molecular formula is C17H14F3N5O. The molecule has 0 saturated carbocycles. The fraction of sp³-hybridized carbons (Fsp3) is 0.0588. The number of anilines is 3. The van der Waals surface area contributed by atoms with Crippen molar-refractivity contribution >= 4 is 23.4 Å². The highest BCUT2D eigenvalue weighted by atomic mass is 19.4. The van der Waals surface area contributed by atoms with Crippen molar-refractivity contribution in [1.82, 2.24) is 9.97 Å². The van der Waals surface area contributed by atoms with E-state index in [0.717, 1.165) is 17.7 Å². The number of hydrogen-bond acceptors (Lipinski definition) is 3. The lowest BCUT2D eigenvalue weighted by molar-refractivity contribution is -0.137. The van der Waals surface area contributed by atoms with Gasteiger partial charge in [0.15, 0.2) is 5.95 Å². The van der Waals surface area contributed by atoms with E-state index in [2.05, 4.69) is 20.6 Å². The molecule has 6 nitrogen and oxygen atoms in total. The zero-order valence-electron chi connectivity index (χ0n) is 13.3. The molecule has 0 fully saturated rings. The molecule has 0 spiro atoms. The summed E-state index contributed by atoms with van der Waals surface area (Å²) in [7, 11) is 0. The first kappa shape index (κ1) is 17.3. The van der Waals surface area contributed by atoms with E-state index >= 15 is 0 Å². The van der Waals surface area contributed by atoms with Gasteiger partial charge >= 0.3 is 12.2 Å². The summed E-state index contributed by atoms with van der Waals surface area (Å²) >= 11 is 0. The molecule has 0 atom stereocenters. The number of urea groups is 1. The molecular weight excluding hydrogens is 347 g/mol. The number of nitrogens with zero attached hydrogens (tertiary/aromatic N) is 1. The Balaban J connectivity index is 1.71. The Hall–Kier alpha value is -3.49. The Morgan fingerprint density at radius 2 is 1.69 bits per heavy atom. The second-order valence-corrected chi connectivity index (χ2v) is 5.42. The summed E-state index contributed by atoms with van der Waals surface area (Å²) in [6, 6.07) is 10.6. The average Bonchev–Trinajstić information content (AvgIpc) is 3.01. The van der Waals surface area contributed by atoms with Gasteiger partial charge in [-0.1, -0.05) is 18.2 Å². The van der Waals surface area contributed by atoms with Crippen LogP contribution in [0.25, 0.3) is 11.3 Å². The number of imidazole rings is 1. The lowest BCUT2D eigenvalue weighted by Gasteiger charge is -2.11. The summed E-state index contributed by atoms with van der Waals surface area (Å²) in [5.41, 5.74) is 6.61. The number of nitrogen functional groups attached to an aromatic ring is 1. The molecule has 0 bridgehead atoms. The van der Waals surface area contributed by atoms with Crippen LogP contribution in [0.4, 0.5) is 35.3 Å². The summed E-state index contributed by atoms with van der Waals surface area (Å²) in [5, 5.41) is 4.94. The van der Waals surface area contributed by atoms with Crippen molar-refractivity contribution in [2.45, 2.75) is 6.18 Å². The monoisotopic (exact) mass is 361 g/mol. The number of benzene rings is 2. The van der Waals surface area contributed by atoms with Crippen LogP contribution >= 0.6 is 0 Å². The van der Waals surface area contributed by atoms with Crippen LogP contribution in [-0.2, 0) is 6.18 Å². The van der Waals surface area contributed by atoms with E-state index in [1.54, 1.807) is 30.5 Å². The van der Waals surface area contributed by atoms with Crippen LogP contribution in [0.1, 0.15) is 5.56 Å².